The van der Waals surface area contributed by atoms with Gasteiger partial charge in [-0.2, -0.15) is 0 Å². The number of likely N-dealkylation sites (N-methyl/N-ethyl adjacent to an activating group) is 1. The Bertz CT molecular complexity index is 404. The van der Waals surface area contributed by atoms with Crippen LogP contribution in [0.4, 0.5) is 0 Å². The van der Waals surface area contributed by atoms with Gasteiger partial charge in [-0.25, -0.2) is 0 Å². The van der Waals surface area contributed by atoms with Gasteiger partial charge in [0.25, 0.3) is 5.91 Å². The molecule has 0 fully saturated rings. The molecule has 0 aromatic heterocycles. The predicted molar refractivity (Wildman–Crippen MR) is 67.8 cm³/mol. The molecule has 0 unspecified atom stereocenters. The molecule has 0 aliphatic carbocycles. The van der Waals surface area contributed by atoms with Crippen molar-refractivity contribution >= 4 is 11.9 Å². The number of carbonyl (C=O) groups is 2. The third-order valence-electron chi connectivity index (χ3n) is 2.44. The zero-order valence-electron chi connectivity index (χ0n) is 10.6. The molecule has 0 spiro atoms. The van der Waals surface area contributed by atoms with E-state index in [9.17, 15) is 9.59 Å². The zero-order valence-corrected chi connectivity index (χ0v) is 10.6. The smallest absolute Gasteiger partial charge is 0.323 e. The van der Waals surface area contributed by atoms with E-state index in [1.165, 1.54) is 4.90 Å². The van der Waals surface area contributed by atoms with E-state index in [0.29, 0.717) is 6.42 Å². The van der Waals surface area contributed by atoms with E-state index >= 15 is 0 Å². The fraction of sp³-hybridized carbons (Fsp3) is 0.385. The molecule has 1 aromatic rings. The van der Waals surface area contributed by atoms with Gasteiger partial charge in [-0.15, -0.1) is 0 Å². The fourth-order valence-corrected chi connectivity index (χ4v) is 1.32. The molecule has 0 heterocycles. The highest BCUT2D eigenvalue weighted by atomic mass is 16.5. The fourth-order valence-electron chi connectivity index (χ4n) is 1.32. The number of hydrogen-bond acceptors (Lipinski definition) is 4. The molecule has 98 valence electrons. The van der Waals surface area contributed by atoms with Crippen LogP contribution in [0, 0.1) is 0 Å². The van der Waals surface area contributed by atoms with E-state index in [1.807, 2.05) is 30.3 Å². The van der Waals surface area contributed by atoms with Crippen molar-refractivity contribution in [3.63, 3.8) is 0 Å². The van der Waals surface area contributed by atoms with Gasteiger partial charge >= 0.3 is 5.97 Å². The van der Waals surface area contributed by atoms with Crippen LogP contribution in [0.25, 0.3) is 0 Å². The third kappa shape index (κ3) is 4.55. The van der Waals surface area contributed by atoms with Crippen LogP contribution in [0.5, 0.6) is 0 Å². The van der Waals surface area contributed by atoms with Crippen molar-refractivity contribution in [1.82, 2.24) is 4.90 Å². The second-order valence-electron chi connectivity index (χ2n) is 4.19. The molecule has 0 saturated heterocycles. The molecule has 0 aliphatic rings. The van der Waals surface area contributed by atoms with Crippen molar-refractivity contribution in [2.24, 2.45) is 5.73 Å². The summed E-state index contributed by atoms with van der Waals surface area (Å²) < 4.78 is 4.84. The summed E-state index contributed by atoms with van der Waals surface area (Å²) in [6.45, 7) is -0.270. The molecule has 1 atom stereocenters. The number of hydrogen-bond donors (Lipinski definition) is 1. The van der Waals surface area contributed by atoms with Crippen molar-refractivity contribution < 1.29 is 14.3 Å². The largest absolute Gasteiger partial charge is 0.454 e. The molecular formula is C13H18N2O3. The second kappa shape index (κ2) is 6.76. The molecular weight excluding hydrogens is 232 g/mol. The number of esters is 1. The Balaban J connectivity index is 2.40. The maximum atomic E-state index is 11.6. The summed E-state index contributed by atoms with van der Waals surface area (Å²) in [5.74, 6) is -0.829. The first-order chi connectivity index (χ1) is 8.50. The summed E-state index contributed by atoms with van der Waals surface area (Å²) >= 11 is 0. The van der Waals surface area contributed by atoms with Gasteiger partial charge in [0.05, 0.1) is 0 Å². The molecule has 0 aliphatic heterocycles. The van der Waals surface area contributed by atoms with Crippen molar-refractivity contribution in [2.45, 2.75) is 12.5 Å². The van der Waals surface area contributed by atoms with Crippen LogP contribution in [0.2, 0.25) is 0 Å². The number of rotatable bonds is 5. The van der Waals surface area contributed by atoms with Gasteiger partial charge in [-0.05, 0) is 12.0 Å². The molecule has 0 bridgehead atoms. The predicted octanol–water partition coefficient (Wildman–Crippen LogP) is 0.188. The highest BCUT2D eigenvalue weighted by Crippen LogP contribution is 2.03. The molecule has 0 radical (unpaired) electrons. The Morgan fingerprint density at radius 3 is 2.44 bits per heavy atom. The molecule has 1 amide bonds. The number of amides is 1. The number of carbonyl (C=O) groups excluding carboxylic acids is 2. The first-order valence-corrected chi connectivity index (χ1v) is 5.67. The van der Waals surface area contributed by atoms with Crippen LogP contribution in [0.15, 0.2) is 30.3 Å². The average molecular weight is 250 g/mol. The average Bonchev–Trinajstić information content (AvgIpc) is 2.36. The van der Waals surface area contributed by atoms with E-state index < -0.39 is 12.0 Å². The third-order valence-corrected chi connectivity index (χ3v) is 2.44. The Labute approximate surface area is 107 Å². The second-order valence-corrected chi connectivity index (χ2v) is 4.19. The van der Waals surface area contributed by atoms with Crippen LogP contribution in [0.1, 0.15) is 5.56 Å². The summed E-state index contributed by atoms with van der Waals surface area (Å²) in [5, 5.41) is 0. The summed E-state index contributed by atoms with van der Waals surface area (Å²) in [5.41, 5.74) is 6.67. The number of ether oxygens (including phenoxy) is 1. The summed E-state index contributed by atoms with van der Waals surface area (Å²) in [6.07, 6.45) is 0.399. The van der Waals surface area contributed by atoms with Gasteiger partial charge in [0.2, 0.25) is 0 Å². The van der Waals surface area contributed by atoms with Gasteiger partial charge in [0.1, 0.15) is 6.04 Å². The lowest BCUT2D eigenvalue weighted by Gasteiger charge is -2.13. The van der Waals surface area contributed by atoms with Crippen LogP contribution >= 0.6 is 0 Å². The molecule has 1 rings (SSSR count). The maximum Gasteiger partial charge on any atom is 0.323 e. The Hall–Kier alpha value is -1.88. The first-order valence-electron chi connectivity index (χ1n) is 5.67. The summed E-state index contributed by atoms with van der Waals surface area (Å²) in [6, 6.07) is 8.67. The Kier molecular flexibility index (Phi) is 5.32. The Morgan fingerprint density at radius 2 is 1.89 bits per heavy atom. The molecule has 5 heteroatoms. The topological polar surface area (TPSA) is 72.6 Å². The van der Waals surface area contributed by atoms with E-state index in [1.54, 1.807) is 14.1 Å². The first kappa shape index (κ1) is 14.2. The number of nitrogens with two attached hydrogens (primary N) is 1. The highest BCUT2D eigenvalue weighted by molar-refractivity contribution is 5.82. The van der Waals surface area contributed by atoms with E-state index in [0.717, 1.165) is 5.56 Å². The highest BCUT2D eigenvalue weighted by Gasteiger charge is 2.17. The minimum atomic E-state index is -0.748. The quantitative estimate of drug-likeness (QED) is 0.757. The van der Waals surface area contributed by atoms with Crippen LogP contribution < -0.4 is 5.73 Å². The number of nitrogens with zero attached hydrogens (tertiary/aromatic N) is 1. The standard InChI is InChI=1S/C13H18N2O3/c1-15(2)12(16)9-18-13(17)11(14)8-10-6-4-3-5-7-10/h3-7,11H,8-9,14H2,1-2H3/t11-/m0/s1. The maximum absolute atomic E-state index is 11.6. The van der Waals surface area contributed by atoms with Crippen LogP contribution in [0.3, 0.4) is 0 Å². The van der Waals surface area contributed by atoms with Crippen molar-refractivity contribution in [2.75, 3.05) is 20.7 Å². The SMILES string of the molecule is CN(C)C(=O)COC(=O)[C@@H](N)Cc1ccccc1. The zero-order chi connectivity index (χ0) is 13.5. The lowest BCUT2D eigenvalue weighted by atomic mass is 10.1. The Morgan fingerprint density at radius 1 is 1.28 bits per heavy atom. The van der Waals surface area contributed by atoms with Crippen molar-refractivity contribution in [3.05, 3.63) is 35.9 Å². The lowest BCUT2D eigenvalue weighted by molar-refractivity contribution is -0.152. The van der Waals surface area contributed by atoms with Crippen LogP contribution in [-0.4, -0.2) is 43.5 Å². The van der Waals surface area contributed by atoms with Gasteiger partial charge in [0.15, 0.2) is 6.61 Å². The minimum Gasteiger partial charge on any atom is -0.454 e. The molecule has 0 saturated carbocycles. The monoisotopic (exact) mass is 250 g/mol. The van der Waals surface area contributed by atoms with Crippen LogP contribution in [-0.2, 0) is 20.7 Å². The van der Waals surface area contributed by atoms with Gasteiger partial charge in [-0.3, -0.25) is 9.59 Å². The van der Waals surface area contributed by atoms with Crippen molar-refractivity contribution in [3.8, 4) is 0 Å². The summed E-state index contributed by atoms with van der Waals surface area (Å²) in [7, 11) is 3.19. The molecule has 1 aromatic carbocycles. The minimum absolute atomic E-state index is 0.268. The normalized spacial score (nSPS) is 11.7. The molecule has 2 N–H and O–H groups in total. The number of benzene rings is 1. The van der Waals surface area contributed by atoms with E-state index in [2.05, 4.69) is 0 Å². The lowest BCUT2D eigenvalue weighted by Crippen LogP contribution is -2.37. The van der Waals surface area contributed by atoms with E-state index in [4.69, 9.17) is 10.5 Å². The van der Waals surface area contributed by atoms with Gasteiger partial charge in [-0.1, -0.05) is 30.3 Å². The molecule has 18 heavy (non-hydrogen) atoms. The van der Waals surface area contributed by atoms with E-state index in [-0.39, 0.29) is 12.5 Å². The van der Waals surface area contributed by atoms with Crippen molar-refractivity contribution in [1.29, 1.82) is 0 Å². The summed E-state index contributed by atoms with van der Waals surface area (Å²) in [4.78, 5) is 24.1. The van der Waals surface area contributed by atoms with Gasteiger partial charge in [0, 0.05) is 14.1 Å². The van der Waals surface area contributed by atoms with Gasteiger partial charge < -0.3 is 15.4 Å². The molecule has 5 nitrogen and oxygen atoms in total.